The Morgan fingerprint density at radius 1 is 1.08 bits per heavy atom. The highest BCUT2D eigenvalue weighted by Crippen LogP contribution is 2.38. The van der Waals surface area contributed by atoms with Crippen LogP contribution < -0.4 is 0 Å². The van der Waals surface area contributed by atoms with Crippen LogP contribution in [0.3, 0.4) is 0 Å². The maximum absolute atomic E-state index is 12.4. The summed E-state index contributed by atoms with van der Waals surface area (Å²) in [6.45, 7) is 1.97. The fourth-order valence-electron chi connectivity index (χ4n) is 2.76. The number of hydrogen-bond acceptors (Lipinski definition) is 5. The molecule has 0 unspecified atom stereocenters. The molecule has 5 heteroatoms. The maximum Gasteiger partial charge on any atom is 0.342 e. The average molecular weight is 322 g/mol. The van der Waals surface area contributed by atoms with Crippen LogP contribution in [0.5, 0.6) is 5.75 Å². The third-order valence-electron chi connectivity index (χ3n) is 3.80. The summed E-state index contributed by atoms with van der Waals surface area (Å²) in [5, 5.41) is 11.1. The lowest BCUT2D eigenvalue weighted by atomic mass is 10.1. The normalized spacial score (nSPS) is 11.2. The van der Waals surface area contributed by atoms with Gasteiger partial charge in [-0.3, -0.25) is 0 Å². The summed E-state index contributed by atoms with van der Waals surface area (Å²) in [4.78, 5) is 12.4. The predicted octanol–water partition coefficient (Wildman–Crippen LogP) is 4.73. The van der Waals surface area contributed by atoms with Crippen LogP contribution in [0.25, 0.3) is 33.5 Å². The Labute approximate surface area is 137 Å². The van der Waals surface area contributed by atoms with Crippen molar-refractivity contribution in [1.82, 2.24) is 0 Å². The minimum Gasteiger partial charge on any atom is -0.508 e. The number of phenols is 1. The SMILES string of the molecule is CCOC(=O)c1c(-c2cc3ccccc3o2)oc2ccc(O)cc12. The zero-order chi connectivity index (χ0) is 16.7. The molecule has 120 valence electrons. The van der Waals surface area contributed by atoms with Gasteiger partial charge in [0.25, 0.3) is 0 Å². The van der Waals surface area contributed by atoms with Crippen molar-refractivity contribution in [3.8, 4) is 17.3 Å². The summed E-state index contributed by atoms with van der Waals surface area (Å²) >= 11 is 0. The molecule has 0 radical (unpaired) electrons. The number of ether oxygens (including phenoxy) is 1. The Morgan fingerprint density at radius 2 is 1.92 bits per heavy atom. The molecule has 0 saturated heterocycles. The van der Waals surface area contributed by atoms with Crippen LogP contribution in [0.1, 0.15) is 17.3 Å². The molecule has 0 bridgehead atoms. The smallest absolute Gasteiger partial charge is 0.342 e. The van der Waals surface area contributed by atoms with Crippen LogP contribution in [0.2, 0.25) is 0 Å². The van der Waals surface area contributed by atoms with Crippen LogP contribution in [0, 0.1) is 0 Å². The van der Waals surface area contributed by atoms with Gasteiger partial charge >= 0.3 is 5.97 Å². The van der Waals surface area contributed by atoms with Gasteiger partial charge in [-0.2, -0.15) is 0 Å². The van der Waals surface area contributed by atoms with Gasteiger partial charge in [0.1, 0.15) is 22.5 Å². The van der Waals surface area contributed by atoms with Crippen molar-refractivity contribution in [2.75, 3.05) is 6.61 Å². The van der Waals surface area contributed by atoms with Gasteiger partial charge in [-0.15, -0.1) is 0 Å². The van der Waals surface area contributed by atoms with Crippen LogP contribution >= 0.6 is 0 Å². The van der Waals surface area contributed by atoms with Crippen molar-refractivity contribution in [3.63, 3.8) is 0 Å². The number of aromatic hydroxyl groups is 1. The fraction of sp³-hybridized carbons (Fsp3) is 0.105. The van der Waals surface area contributed by atoms with Crippen molar-refractivity contribution in [3.05, 3.63) is 54.1 Å². The molecule has 0 aliphatic carbocycles. The van der Waals surface area contributed by atoms with Crippen molar-refractivity contribution in [1.29, 1.82) is 0 Å². The zero-order valence-corrected chi connectivity index (χ0v) is 12.9. The zero-order valence-electron chi connectivity index (χ0n) is 12.9. The van der Waals surface area contributed by atoms with E-state index < -0.39 is 5.97 Å². The molecule has 24 heavy (non-hydrogen) atoms. The molecule has 2 heterocycles. The Morgan fingerprint density at radius 3 is 2.71 bits per heavy atom. The summed E-state index contributed by atoms with van der Waals surface area (Å²) < 4.78 is 16.8. The lowest BCUT2D eigenvalue weighted by molar-refractivity contribution is 0.0528. The average Bonchev–Trinajstić information content (AvgIpc) is 3.15. The predicted molar refractivity (Wildman–Crippen MR) is 89.0 cm³/mol. The van der Waals surface area contributed by atoms with Crippen LogP contribution in [0.4, 0.5) is 0 Å². The Kier molecular flexibility index (Phi) is 3.27. The second-order valence-corrected chi connectivity index (χ2v) is 5.36. The van der Waals surface area contributed by atoms with Crippen molar-refractivity contribution in [2.24, 2.45) is 0 Å². The molecule has 4 aromatic rings. The van der Waals surface area contributed by atoms with Gasteiger partial charge in [0.05, 0.1) is 6.61 Å². The molecule has 2 aromatic carbocycles. The second kappa shape index (κ2) is 5.45. The Bertz CT molecular complexity index is 1020. The highest BCUT2D eigenvalue weighted by atomic mass is 16.5. The lowest BCUT2D eigenvalue weighted by Crippen LogP contribution is -2.05. The van der Waals surface area contributed by atoms with Gasteiger partial charge in [-0.25, -0.2) is 4.79 Å². The van der Waals surface area contributed by atoms with Crippen LogP contribution in [0.15, 0.2) is 57.4 Å². The molecule has 5 nitrogen and oxygen atoms in total. The maximum atomic E-state index is 12.4. The topological polar surface area (TPSA) is 72.8 Å². The summed E-state index contributed by atoms with van der Waals surface area (Å²) in [5.74, 6) is 0.266. The van der Waals surface area contributed by atoms with Crippen molar-refractivity contribution >= 4 is 27.9 Å². The molecule has 0 spiro atoms. The number of carbonyl (C=O) groups excluding carboxylic acids is 1. The number of rotatable bonds is 3. The summed E-state index contributed by atoms with van der Waals surface area (Å²) in [6.07, 6.45) is 0. The first-order valence-corrected chi connectivity index (χ1v) is 7.59. The summed E-state index contributed by atoms with van der Waals surface area (Å²) in [7, 11) is 0. The summed E-state index contributed by atoms with van der Waals surface area (Å²) in [6, 6.07) is 14.0. The van der Waals surface area contributed by atoms with E-state index >= 15 is 0 Å². The van der Waals surface area contributed by atoms with E-state index in [1.165, 1.54) is 12.1 Å². The van der Waals surface area contributed by atoms with Crippen LogP contribution in [-0.4, -0.2) is 17.7 Å². The molecule has 4 rings (SSSR count). The molecular formula is C19H14O5. The number of hydrogen-bond donors (Lipinski definition) is 1. The molecule has 0 amide bonds. The molecule has 0 aliphatic heterocycles. The van der Waals surface area contributed by atoms with Crippen LogP contribution in [-0.2, 0) is 4.74 Å². The first-order valence-electron chi connectivity index (χ1n) is 7.59. The number of para-hydroxylation sites is 1. The standard InChI is InChI=1S/C19H14O5/c1-2-22-19(21)17-13-10-12(20)7-8-15(13)24-18(17)16-9-11-5-3-4-6-14(11)23-16/h3-10,20H,2H2,1H3. The van der Waals surface area contributed by atoms with Gasteiger partial charge in [-0.1, -0.05) is 18.2 Å². The molecule has 0 saturated carbocycles. The fourth-order valence-corrected chi connectivity index (χ4v) is 2.76. The number of furan rings is 2. The van der Waals surface area contributed by atoms with E-state index in [4.69, 9.17) is 13.6 Å². The summed E-state index contributed by atoms with van der Waals surface area (Å²) in [5.41, 5.74) is 1.43. The molecule has 0 aliphatic rings. The van der Waals surface area contributed by atoms with Crippen molar-refractivity contribution < 1.29 is 23.5 Å². The van der Waals surface area contributed by atoms with E-state index in [2.05, 4.69) is 0 Å². The molecule has 2 aromatic heterocycles. The minimum atomic E-state index is -0.516. The first-order chi connectivity index (χ1) is 11.7. The van der Waals surface area contributed by atoms with E-state index in [0.29, 0.717) is 28.1 Å². The van der Waals surface area contributed by atoms with E-state index in [-0.39, 0.29) is 17.9 Å². The quantitative estimate of drug-likeness (QED) is 0.552. The highest BCUT2D eigenvalue weighted by molar-refractivity contribution is 6.09. The number of fused-ring (bicyclic) bond motifs is 2. The molecule has 0 fully saturated rings. The third kappa shape index (κ3) is 2.22. The Hall–Kier alpha value is -3.21. The largest absolute Gasteiger partial charge is 0.508 e. The van der Waals surface area contributed by atoms with Gasteiger partial charge in [0, 0.05) is 10.8 Å². The van der Waals surface area contributed by atoms with Gasteiger partial charge < -0.3 is 18.7 Å². The molecule has 1 N–H and O–H groups in total. The van der Waals surface area contributed by atoms with E-state index in [9.17, 15) is 9.90 Å². The third-order valence-corrected chi connectivity index (χ3v) is 3.80. The monoisotopic (exact) mass is 322 g/mol. The second-order valence-electron chi connectivity index (χ2n) is 5.36. The number of benzene rings is 2. The van der Waals surface area contributed by atoms with Crippen molar-refractivity contribution in [2.45, 2.75) is 6.92 Å². The lowest BCUT2D eigenvalue weighted by Gasteiger charge is -2.01. The number of esters is 1. The van der Waals surface area contributed by atoms with E-state index in [0.717, 1.165) is 5.39 Å². The van der Waals surface area contributed by atoms with E-state index in [1.807, 2.05) is 30.3 Å². The first kappa shape index (κ1) is 14.4. The molecular weight excluding hydrogens is 308 g/mol. The molecule has 0 atom stereocenters. The number of carbonyl (C=O) groups is 1. The van der Waals surface area contributed by atoms with Gasteiger partial charge in [0.2, 0.25) is 0 Å². The van der Waals surface area contributed by atoms with Gasteiger partial charge in [-0.05, 0) is 37.3 Å². The Balaban J connectivity index is 1.99. The van der Waals surface area contributed by atoms with E-state index in [1.54, 1.807) is 13.0 Å². The minimum absolute atomic E-state index is 0.0463. The van der Waals surface area contributed by atoms with Gasteiger partial charge in [0.15, 0.2) is 11.5 Å². The highest BCUT2D eigenvalue weighted by Gasteiger charge is 2.25. The number of phenolic OH excluding ortho intramolecular Hbond substituents is 1.